The minimum atomic E-state index is 0.838. The number of anilines is 6. The Balaban J connectivity index is 1.03. The Morgan fingerprint density at radius 2 is 0.706 bits per heavy atom. The molecule has 4 heteroatoms. The summed E-state index contributed by atoms with van der Waals surface area (Å²) in [5.74, 6) is 0. The van der Waals surface area contributed by atoms with Crippen LogP contribution in [0.15, 0.2) is 179 Å². The number of fused-ring (bicyclic) bond motifs is 8. The maximum absolute atomic E-state index is 7.09. The molecule has 0 spiro atoms. The van der Waals surface area contributed by atoms with Crippen molar-refractivity contribution in [3.05, 3.63) is 214 Å². The van der Waals surface area contributed by atoms with Gasteiger partial charge in [0.25, 0.3) is 0 Å². The number of hydrogen-bond acceptors (Lipinski definition) is 4. The molecule has 0 N–H and O–H groups in total. The van der Waals surface area contributed by atoms with E-state index in [0.29, 0.717) is 0 Å². The number of aryl methyl sites for hydroxylation is 8. The second-order valence-electron chi connectivity index (χ2n) is 19.4. The Bertz CT molecular complexity index is 3710. The molecule has 10 aromatic carbocycles. The highest BCUT2D eigenvalue weighted by molar-refractivity contribution is 6.25. The molecule has 4 nitrogen and oxygen atoms in total. The molecular weight excluding hydrogens is 829 g/mol. The molecule has 0 aliphatic rings. The van der Waals surface area contributed by atoms with Gasteiger partial charge in [0.15, 0.2) is 0 Å². The average molecular weight is 881 g/mol. The number of benzene rings is 10. The average Bonchev–Trinajstić information content (AvgIpc) is 3.82. The number of furan rings is 2. The molecule has 0 unspecified atom stereocenters. The first-order chi connectivity index (χ1) is 32.9. The SMILES string of the molecule is Cc1cc(C)cc(N(c2cc(C)cc(C)c2)c2ccc3cc4c(cc3c2)oc2c(-c3ccccc3)c3c(cc24)oc2cc4cc(N(c5cc(C)cc(C)c5)c5cc(C)cc(C)c5)ccc4cc23)c1. The summed E-state index contributed by atoms with van der Waals surface area (Å²) < 4.78 is 14.1. The zero-order valence-electron chi connectivity index (χ0n) is 39.9. The zero-order valence-corrected chi connectivity index (χ0v) is 39.9. The lowest BCUT2D eigenvalue weighted by Gasteiger charge is -2.27. The third kappa shape index (κ3) is 7.16. The lowest BCUT2D eigenvalue weighted by molar-refractivity contribution is 0.665. The fourth-order valence-corrected chi connectivity index (χ4v) is 11.0. The highest BCUT2D eigenvalue weighted by Gasteiger charge is 2.23. The van der Waals surface area contributed by atoms with Crippen LogP contribution in [0.1, 0.15) is 44.5 Å². The number of rotatable bonds is 7. The van der Waals surface area contributed by atoms with Crippen LogP contribution in [0.3, 0.4) is 0 Å². The Morgan fingerprint density at radius 1 is 0.294 bits per heavy atom. The van der Waals surface area contributed by atoms with Gasteiger partial charge in [0.2, 0.25) is 0 Å². The predicted molar refractivity (Wildman–Crippen MR) is 289 cm³/mol. The Morgan fingerprint density at radius 3 is 1.15 bits per heavy atom. The lowest BCUT2D eigenvalue weighted by Crippen LogP contribution is -2.11. The summed E-state index contributed by atoms with van der Waals surface area (Å²) in [4.78, 5) is 4.76. The molecule has 12 aromatic rings. The summed E-state index contributed by atoms with van der Waals surface area (Å²) in [5.41, 5.74) is 22.2. The van der Waals surface area contributed by atoms with Crippen LogP contribution in [0, 0.1) is 55.4 Å². The minimum Gasteiger partial charge on any atom is -0.456 e. The van der Waals surface area contributed by atoms with Crippen molar-refractivity contribution in [2.24, 2.45) is 0 Å². The quantitative estimate of drug-likeness (QED) is 0.160. The summed E-state index contributed by atoms with van der Waals surface area (Å²) >= 11 is 0. The van der Waals surface area contributed by atoms with E-state index in [-0.39, 0.29) is 0 Å². The first-order valence-corrected chi connectivity index (χ1v) is 23.6. The highest BCUT2D eigenvalue weighted by atomic mass is 16.3. The van der Waals surface area contributed by atoms with Gasteiger partial charge in [-0.05, 0) is 230 Å². The number of nitrogens with zero attached hydrogens (tertiary/aromatic N) is 2. The predicted octanol–water partition coefficient (Wildman–Crippen LogP) is 18.9. The fourth-order valence-electron chi connectivity index (χ4n) is 11.0. The van der Waals surface area contributed by atoms with Gasteiger partial charge in [0.05, 0.1) is 0 Å². The molecule has 2 heterocycles. The van der Waals surface area contributed by atoms with Gasteiger partial charge in [-0.25, -0.2) is 0 Å². The normalized spacial score (nSPS) is 11.8. The van der Waals surface area contributed by atoms with Gasteiger partial charge in [0, 0.05) is 61.2 Å². The van der Waals surface area contributed by atoms with Crippen molar-refractivity contribution in [3.8, 4) is 11.1 Å². The van der Waals surface area contributed by atoms with Gasteiger partial charge >= 0.3 is 0 Å². The van der Waals surface area contributed by atoms with E-state index in [1.807, 2.05) is 0 Å². The second kappa shape index (κ2) is 15.8. The van der Waals surface area contributed by atoms with Gasteiger partial charge in [-0.2, -0.15) is 0 Å². The molecule has 0 amide bonds. The third-order valence-electron chi connectivity index (χ3n) is 13.5. The van der Waals surface area contributed by atoms with Crippen LogP contribution in [-0.2, 0) is 0 Å². The van der Waals surface area contributed by atoms with E-state index in [4.69, 9.17) is 8.83 Å². The minimum absolute atomic E-state index is 0.838. The molecule has 0 fully saturated rings. The molecule has 0 atom stereocenters. The molecule has 2 aromatic heterocycles. The molecule has 0 saturated heterocycles. The van der Waals surface area contributed by atoms with Gasteiger partial charge in [-0.3, -0.25) is 0 Å². The van der Waals surface area contributed by atoms with Gasteiger partial charge < -0.3 is 18.6 Å². The van der Waals surface area contributed by atoms with Crippen LogP contribution in [-0.4, -0.2) is 0 Å². The first-order valence-electron chi connectivity index (χ1n) is 23.6. The molecule has 0 radical (unpaired) electrons. The van der Waals surface area contributed by atoms with Crippen molar-refractivity contribution in [1.82, 2.24) is 0 Å². The van der Waals surface area contributed by atoms with E-state index < -0.39 is 0 Å². The molecule has 0 saturated carbocycles. The van der Waals surface area contributed by atoms with E-state index in [1.165, 1.54) is 44.5 Å². The van der Waals surface area contributed by atoms with Gasteiger partial charge in [-0.1, -0.05) is 66.7 Å². The summed E-state index contributed by atoms with van der Waals surface area (Å²) in [6.45, 7) is 17.4. The standard InChI is InChI=1S/C64H52N2O2/c1-37-18-38(2)23-52(22-37)65(53-24-39(3)19-40(4)25-53)50-16-14-46-32-56-57-36-61-63(62(45-12-10-9-11-13-45)64(57)68-59(56)34-48(46)30-50)58-33-47-15-17-51(31-49(47)35-60(58)67-61)66(54-26-41(5)20-42(6)27-54)55-28-43(7)21-44(8)29-55/h9-36H,1-8H3. The van der Waals surface area contributed by atoms with Crippen LogP contribution in [0.25, 0.3) is 76.5 Å². The second-order valence-corrected chi connectivity index (χ2v) is 19.4. The Hall–Kier alpha value is -8.08. The Kier molecular flexibility index (Phi) is 9.60. The van der Waals surface area contributed by atoms with Crippen LogP contribution >= 0.6 is 0 Å². The van der Waals surface area contributed by atoms with Crippen molar-refractivity contribution in [2.45, 2.75) is 55.4 Å². The lowest BCUT2D eigenvalue weighted by atomic mass is 9.95. The van der Waals surface area contributed by atoms with Crippen molar-refractivity contribution in [3.63, 3.8) is 0 Å². The summed E-state index contributed by atoms with van der Waals surface area (Å²) in [6, 6.07) is 62.6. The molecule has 68 heavy (non-hydrogen) atoms. The first kappa shape index (κ1) is 41.4. The highest BCUT2D eigenvalue weighted by Crippen LogP contribution is 2.48. The number of hydrogen-bond donors (Lipinski definition) is 0. The topological polar surface area (TPSA) is 32.8 Å². The molecule has 0 aliphatic heterocycles. The van der Waals surface area contributed by atoms with Crippen molar-refractivity contribution < 1.29 is 8.83 Å². The molecular formula is C64H52N2O2. The monoisotopic (exact) mass is 880 g/mol. The van der Waals surface area contributed by atoms with E-state index >= 15 is 0 Å². The van der Waals surface area contributed by atoms with Crippen LogP contribution in [0.5, 0.6) is 0 Å². The zero-order chi connectivity index (χ0) is 46.5. The van der Waals surface area contributed by atoms with Crippen molar-refractivity contribution in [2.75, 3.05) is 9.80 Å². The van der Waals surface area contributed by atoms with Gasteiger partial charge in [-0.15, -0.1) is 0 Å². The Labute approximate surface area is 397 Å². The molecule has 12 rings (SSSR count). The van der Waals surface area contributed by atoms with Crippen molar-refractivity contribution >= 4 is 99.5 Å². The third-order valence-corrected chi connectivity index (χ3v) is 13.5. The molecule has 330 valence electrons. The van der Waals surface area contributed by atoms with Crippen LogP contribution in [0.4, 0.5) is 34.1 Å². The molecule has 0 aliphatic carbocycles. The van der Waals surface area contributed by atoms with E-state index in [2.05, 4.69) is 235 Å². The smallest absolute Gasteiger partial charge is 0.144 e. The summed E-state index contributed by atoms with van der Waals surface area (Å²) in [5, 5.41) is 8.74. The molecule has 0 bridgehead atoms. The van der Waals surface area contributed by atoms with E-state index in [1.54, 1.807) is 0 Å². The summed E-state index contributed by atoms with van der Waals surface area (Å²) in [6.07, 6.45) is 0. The van der Waals surface area contributed by atoms with E-state index in [0.717, 1.165) is 111 Å². The van der Waals surface area contributed by atoms with E-state index in [9.17, 15) is 0 Å². The maximum Gasteiger partial charge on any atom is 0.144 e. The van der Waals surface area contributed by atoms with Gasteiger partial charge in [0.1, 0.15) is 22.3 Å². The fraction of sp³-hybridized carbons (Fsp3) is 0.125. The maximum atomic E-state index is 7.09. The van der Waals surface area contributed by atoms with Crippen LogP contribution < -0.4 is 9.80 Å². The van der Waals surface area contributed by atoms with Crippen LogP contribution in [0.2, 0.25) is 0 Å². The largest absolute Gasteiger partial charge is 0.456 e. The van der Waals surface area contributed by atoms with Crippen molar-refractivity contribution in [1.29, 1.82) is 0 Å². The summed E-state index contributed by atoms with van der Waals surface area (Å²) in [7, 11) is 0.